The predicted molar refractivity (Wildman–Crippen MR) is 58.2 cm³/mol. The molecule has 1 aromatic rings. The molecule has 1 fully saturated rings. The topological polar surface area (TPSA) is 39.9 Å². The number of pyridine rings is 1. The van der Waals surface area contributed by atoms with E-state index in [2.05, 4.69) is 29.1 Å². The Bertz CT molecular complexity index is 363. The highest BCUT2D eigenvalue weighted by Gasteiger charge is 2.22. The Kier molecular flexibility index (Phi) is 2.98. The van der Waals surface area contributed by atoms with Gasteiger partial charge in [0, 0.05) is 12.2 Å². The fourth-order valence-corrected chi connectivity index (χ4v) is 2.15. The fourth-order valence-electron chi connectivity index (χ4n) is 2.15. The molecule has 0 amide bonds. The number of likely N-dealkylation sites (tertiary alicyclic amines) is 1. The van der Waals surface area contributed by atoms with Crippen LogP contribution in [0.2, 0.25) is 0 Å². The summed E-state index contributed by atoms with van der Waals surface area (Å²) in [5.74, 6) is 0. The van der Waals surface area contributed by atoms with Crippen molar-refractivity contribution in [2.24, 2.45) is 0 Å². The van der Waals surface area contributed by atoms with Crippen LogP contribution in [-0.2, 0) is 6.42 Å². The molecule has 15 heavy (non-hydrogen) atoms. The van der Waals surface area contributed by atoms with Gasteiger partial charge >= 0.3 is 0 Å². The maximum atomic E-state index is 8.54. The van der Waals surface area contributed by atoms with Gasteiger partial charge in [0.15, 0.2) is 0 Å². The molecule has 0 spiro atoms. The van der Waals surface area contributed by atoms with Crippen LogP contribution in [0.1, 0.15) is 30.1 Å². The van der Waals surface area contributed by atoms with Crippen LogP contribution in [0, 0.1) is 11.3 Å². The molecule has 0 N–H and O–H groups in total. The molecule has 0 radical (unpaired) electrons. The molecule has 1 aromatic heterocycles. The monoisotopic (exact) mass is 201 g/mol. The highest BCUT2D eigenvalue weighted by molar-refractivity contribution is 5.20. The summed E-state index contributed by atoms with van der Waals surface area (Å²) in [6, 6.07) is 6.70. The highest BCUT2D eigenvalue weighted by Crippen LogP contribution is 2.29. The van der Waals surface area contributed by atoms with Gasteiger partial charge in [-0.3, -0.25) is 9.88 Å². The molecule has 2 heterocycles. The van der Waals surface area contributed by atoms with Crippen molar-refractivity contribution in [1.29, 1.82) is 5.26 Å². The number of hydrogen-bond acceptors (Lipinski definition) is 3. The van der Waals surface area contributed by atoms with Crippen LogP contribution in [0.4, 0.5) is 0 Å². The first-order valence-corrected chi connectivity index (χ1v) is 5.33. The van der Waals surface area contributed by atoms with Gasteiger partial charge in [0.05, 0.1) is 18.2 Å². The quantitative estimate of drug-likeness (QED) is 0.733. The summed E-state index contributed by atoms with van der Waals surface area (Å²) in [7, 11) is 2.15. The lowest BCUT2D eigenvalue weighted by atomic mass is 10.1. The molecular weight excluding hydrogens is 186 g/mol. The van der Waals surface area contributed by atoms with Crippen LogP contribution >= 0.6 is 0 Å². The molecule has 2 rings (SSSR count). The zero-order chi connectivity index (χ0) is 10.7. The average molecular weight is 201 g/mol. The lowest BCUT2D eigenvalue weighted by Crippen LogP contribution is -2.17. The van der Waals surface area contributed by atoms with E-state index in [9.17, 15) is 0 Å². The Balaban J connectivity index is 2.13. The molecule has 1 aliphatic heterocycles. The minimum Gasteiger partial charge on any atom is -0.299 e. The van der Waals surface area contributed by atoms with Gasteiger partial charge < -0.3 is 0 Å². The molecule has 1 saturated heterocycles. The van der Waals surface area contributed by atoms with Gasteiger partial charge in [0.1, 0.15) is 0 Å². The summed E-state index contributed by atoms with van der Waals surface area (Å²) < 4.78 is 0. The number of aromatic nitrogens is 1. The molecule has 0 aliphatic carbocycles. The molecule has 3 heteroatoms. The smallest absolute Gasteiger partial charge is 0.0774 e. The van der Waals surface area contributed by atoms with E-state index < -0.39 is 0 Å². The largest absolute Gasteiger partial charge is 0.299 e. The fraction of sp³-hybridized carbons (Fsp3) is 0.500. The molecule has 0 aromatic carbocycles. The van der Waals surface area contributed by atoms with Crippen molar-refractivity contribution >= 4 is 0 Å². The van der Waals surface area contributed by atoms with Crippen molar-refractivity contribution in [1.82, 2.24) is 9.88 Å². The first kappa shape index (κ1) is 10.1. The van der Waals surface area contributed by atoms with Gasteiger partial charge in [0.25, 0.3) is 0 Å². The van der Waals surface area contributed by atoms with Crippen molar-refractivity contribution in [3.8, 4) is 6.07 Å². The van der Waals surface area contributed by atoms with Crippen LogP contribution in [0.3, 0.4) is 0 Å². The van der Waals surface area contributed by atoms with Gasteiger partial charge in [-0.1, -0.05) is 6.07 Å². The van der Waals surface area contributed by atoms with Gasteiger partial charge in [-0.2, -0.15) is 5.26 Å². The minimum absolute atomic E-state index is 0.404. The van der Waals surface area contributed by atoms with E-state index in [4.69, 9.17) is 5.26 Å². The Hall–Kier alpha value is -1.40. The van der Waals surface area contributed by atoms with E-state index in [1.165, 1.54) is 24.9 Å². The van der Waals surface area contributed by atoms with E-state index in [1.807, 2.05) is 12.3 Å². The van der Waals surface area contributed by atoms with Crippen molar-refractivity contribution < 1.29 is 0 Å². The van der Waals surface area contributed by atoms with Gasteiger partial charge in [-0.15, -0.1) is 0 Å². The average Bonchev–Trinajstić information content (AvgIpc) is 2.66. The van der Waals surface area contributed by atoms with Crippen molar-refractivity contribution in [3.05, 3.63) is 29.6 Å². The second kappa shape index (κ2) is 4.41. The molecule has 1 atom stereocenters. The second-order valence-electron chi connectivity index (χ2n) is 4.06. The lowest BCUT2D eigenvalue weighted by Gasteiger charge is -2.19. The van der Waals surface area contributed by atoms with Gasteiger partial charge in [-0.05, 0) is 38.1 Å². The SMILES string of the molecule is CN1CCCC1c1ccc(CC#N)nc1. The van der Waals surface area contributed by atoms with E-state index in [0.717, 1.165) is 5.69 Å². The number of nitrogens with zero attached hydrogens (tertiary/aromatic N) is 3. The third kappa shape index (κ3) is 2.16. The summed E-state index contributed by atoms with van der Waals surface area (Å²) in [4.78, 5) is 6.66. The lowest BCUT2D eigenvalue weighted by molar-refractivity contribution is 0.317. The summed E-state index contributed by atoms with van der Waals surface area (Å²) >= 11 is 0. The standard InChI is InChI=1S/C12H15N3/c1-15-8-2-3-12(15)10-4-5-11(6-7-13)14-9-10/h4-5,9,12H,2-3,6,8H2,1H3. The molecule has 1 unspecified atom stereocenters. The van der Waals surface area contributed by atoms with Crippen molar-refractivity contribution in [3.63, 3.8) is 0 Å². The summed E-state index contributed by atoms with van der Waals surface area (Å²) in [5.41, 5.74) is 2.14. The second-order valence-corrected chi connectivity index (χ2v) is 4.06. The Morgan fingerprint density at radius 1 is 1.60 bits per heavy atom. The maximum absolute atomic E-state index is 8.54. The number of rotatable bonds is 2. The summed E-state index contributed by atoms with van der Waals surface area (Å²) in [6.07, 6.45) is 4.80. The third-order valence-electron chi connectivity index (χ3n) is 3.01. The van der Waals surface area contributed by atoms with Crippen molar-refractivity contribution in [2.45, 2.75) is 25.3 Å². The third-order valence-corrected chi connectivity index (χ3v) is 3.01. The molecule has 1 aliphatic rings. The van der Waals surface area contributed by atoms with E-state index in [0.29, 0.717) is 12.5 Å². The Morgan fingerprint density at radius 3 is 3.00 bits per heavy atom. The highest BCUT2D eigenvalue weighted by atomic mass is 15.1. The van der Waals surface area contributed by atoms with Crippen molar-refractivity contribution in [2.75, 3.05) is 13.6 Å². The first-order chi connectivity index (χ1) is 7.31. The van der Waals surface area contributed by atoms with Gasteiger partial charge in [0.2, 0.25) is 0 Å². The Morgan fingerprint density at radius 2 is 2.47 bits per heavy atom. The van der Waals surface area contributed by atoms with Gasteiger partial charge in [-0.25, -0.2) is 0 Å². The van der Waals surface area contributed by atoms with Crippen LogP contribution < -0.4 is 0 Å². The summed E-state index contributed by atoms with van der Waals surface area (Å²) in [5, 5.41) is 8.54. The Labute approximate surface area is 90.4 Å². The zero-order valence-corrected chi connectivity index (χ0v) is 8.98. The van der Waals surface area contributed by atoms with Crippen LogP contribution in [0.5, 0.6) is 0 Å². The molecular formula is C12H15N3. The predicted octanol–water partition coefficient (Wildman–Crippen LogP) is 1.91. The van der Waals surface area contributed by atoms with Crippen LogP contribution in [-0.4, -0.2) is 23.5 Å². The van der Waals surface area contributed by atoms with Crippen LogP contribution in [0.25, 0.3) is 0 Å². The molecule has 0 bridgehead atoms. The maximum Gasteiger partial charge on any atom is 0.0774 e. The van der Waals surface area contributed by atoms with E-state index in [-0.39, 0.29) is 0 Å². The number of nitriles is 1. The molecule has 0 saturated carbocycles. The van der Waals surface area contributed by atoms with Crippen LogP contribution in [0.15, 0.2) is 18.3 Å². The molecule has 78 valence electrons. The first-order valence-electron chi connectivity index (χ1n) is 5.33. The van der Waals surface area contributed by atoms with E-state index >= 15 is 0 Å². The minimum atomic E-state index is 0.404. The van der Waals surface area contributed by atoms with E-state index in [1.54, 1.807) is 0 Å². The summed E-state index contributed by atoms with van der Waals surface area (Å²) in [6.45, 7) is 1.17. The molecule has 3 nitrogen and oxygen atoms in total. The number of hydrogen-bond donors (Lipinski definition) is 0. The zero-order valence-electron chi connectivity index (χ0n) is 8.98. The normalized spacial score (nSPS) is 21.5.